The molecule has 0 N–H and O–H groups in total. The van der Waals surface area contributed by atoms with Crippen LogP contribution >= 0.6 is 11.6 Å². The van der Waals surface area contributed by atoms with Crippen molar-refractivity contribution in [3.8, 4) is 0 Å². The molecular weight excluding hydrogens is 255 g/mol. The molecule has 2 aromatic rings. The number of hydrogen-bond donors (Lipinski definition) is 0. The molecular formula is C13H14ClFN2O. The fourth-order valence-electron chi connectivity index (χ4n) is 1.83. The third-order valence-corrected chi connectivity index (χ3v) is 2.97. The summed E-state index contributed by atoms with van der Waals surface area (Å²) in [5.74, 6) is -0.352. The van der Waals surface area contributed by atoms with Crippen LogP contribution in [0.1, 0.15) is 18.9 Å². The summed E-state index contributed by atoms with van der Waals surface area (Å²) in [6.07, 6.45) is 4.27. The topological polar surface area (TPSA) is 26.9 Å². The van der Waals surface area contributed by atoms with Gasteiger partial charge in [0.15, 0.2) is 0 Å². The van der Waals surface area contributed by atoms with Gasteiger partial charge < -0.3 is 0 Å². The second-order valence-electron chi connectivity index (χ2n) is 4.14. The third kappa shape index (κ3) is 2.64. The second-order valence-corrected chi connectivity index (χ2v) is 4.57. The van der Waals surface area contributed by atoms with Crippen LogP contribution in [0.2, 0.25) is 5.02 Å². The van der Waals surface area contributed by atoms with Gasteiger partial charge in [-0.3, -0.25) is 9.13 Å². The number of imidazole rings is 1. The Morgan fingerprint density at radius 1 is 1.28 bits per heavy atom. The van der Waals surface area contributed by atoms with Crippen molar-refractivity contribution < 1.29 is 4.39 Å². The Morgan fingerprint density at radius 3 is 2.72 bits per heavy atom. The van der Waals surface area contributed by atoms with Crippen molar-refractivity contribution in [3.63, 3.8) is 0 Å². The van der Waals surface area contributed by atoms with Crippen LogP contribution in [0.15, 0.2) is 35.4 Å². The molecule has 0 radical (unpaired) electrons. The minimum Gasteiger partial charge on any atom is -0.299 e. The second kappa shape index (κ2) is 5.40. The van der Waals surface area contributed by atoms with Crippen molar-refractivity contribution in [1.82, 2.24) is 9.13 Å². The summed E-state index contributed by atoms with van der Waals surface area (Å²) >= 11 is 5.82. The van der Waals surface area contributed by atoms with Gasteiger partial charge in [-0.05, 0) is 24.6 Å². The summed E-state index contributed by atoms with van der Waals surface area (Å²) in [4.78, 5) is 11.9. The van der Waals surface area contributed by atoms with Gasteiger partial charge in [0.25, 0.3) is 0 Å². The Morgan fingerprint density at radius 2 is 2.00 bits per heavy atom. The maximum atomic E-state index is 13.6. The number of hydrogen-bond acceptors (Lipinski definition) is 1. The van der Waals surface area contributed by atoms with Gasteiger partial charge in [-0.25, -0.2) is 9.18 Å². The van der Waals surface area contributed by atoms with E-state index in [1.54, 1.807) is 23.0 Å². The molecule has 96 valence electrons. The molecule has 3 nitrogen and oxygen atoms in total. The molecule has 0 spiro atoms. The average Bonchev–Trinajstić information content (AvgIpc) is 2.67. The largest absolute Gasteiger partial charge is 0.328 e. The highest BCUT2D eigenvalue weighted by Gasteiger charge is 2.07. The molecule has 0 atom stereocenters. The lowest BCUT2D eigenvalue weighted by Gasteiger charge is -2.04. The van der Waals surface area contributed by atoms with Gasteiger partial charge in [-0.15, -0.1) is 0 Å². The molecule has 1 heterocycles. The van der Waals surface area contributed by atoms with Crippen LogP contribution < -0.4 is 5.69 Å². The first kappa shape index (κ1) is 12.9. The molecule has 0 unspecified atom stereocenters. The van der Waals surface area contributed by atoms with Gasteiger partial charge in [0.05, 0.1) is 6.54 Å². The Labute approximate surface area is 109 Å². The summed E-state index contributed by atoms with van der Waals surface area (Å²) in [5, 5.41) is 0.465. The van der Waals surface area contributed by atoms with Gasteiger partial charge in [0.2, 0.25) is 0 Å². The van der Waals surface area contributed by atoms with Gasteiger partial charge >= 0.3 is 5.69 Å². The summed E-state index contributed by atoms with van der Waals surface area (Å²) in [6.45, 7) is 2.87. The normalized spacial score (nSPS) is 10.8. The average molecular weight is 269 g/mol. The minimum atomic E-state index is -0.352. The minimum absolute atomic E-state index is 0.128. The zero-order valence-corrected chi connectivity index (χ0v) is 10.8. The number of benzene rings is 1. The molecule has 0 saturated carbocycles. The van der Waals surface area contributed by atoms with Crippen molar-refractivity contribution in [2.75, 3.05) is 0 Å². The molecule has 5 heteroatoms. The van der Waals surface area contributed by atoms with Crippen molar-refractivity contribution in [1.29, 1.82) is 0 Å². The summed E-state index contributed by atoms with van der Waals surface area (Å²) in [5.41, 5.74) is 0.287. The highest BCUT2D eigenvalue weighted by atomic mass is 35.5. The smallest absolute Gasteiger partial charge is 0.299 e. The number of nitrogens with zero attached hydrogens (tertiary/aromatic N) is 2. The zero-order chi connectivity index (χ0) is 13.1. The van der Waals surface area contributed by atoms with Crippen molar-refractivity contribution in [2.24, 2.45) is 0 Å². The van der Waals surface area contributed by atoms with E-state index in [0.29, 0.717) is 17.1 Å². The van der Waals surface area contributed by atoms with E-state index in [4.69, 9.17) is 11.6 Å². The molecule has 18 heavy (non-hydrogen) atoms. The van der Waals surface area contributed by atoms with Crippen molar-refractivity contribution in [3.05, 3.63) is 57.5 Å². The van der Waals surface area contributed by atoms with Crippen LogP contribution in [-0.2, 0) is 13.1 Å². The van der Waals surface area contributed by atoms with Crippen LogP contribution in [0.5, 0.6) is 0 Å². The van der Waals surface area contributed by atoms with Gasteiger partial charge in [-0.2, -0.15) is 0 Å². The molecule has 0 aliphatic rings. The SMILES string of the molecule is CCCn1ccn(Cc2cc(Cl)ccc2F)c1=O. The standard InChI is InChI=1S/C13H14ClFN2O/c1-2-5-16-6-7-17(13(16)18)9-10-8-11(14)3-4-12(10)15/h3-4,6-8H,2,5,9H2,1H3. The van der Waals surface area contributed by atoms with Crippen molar-refractivity contribution in [2.45, 2.75) is 26.4 Å². The summed E-state index contributed by atoms with van der Waals surface area (Å²) < 4.78 is 16.7. The van der Waals surface area contributed by atoms with Crippen LogP contribution in [0.25, 0.3) is 0 Å². The van der Waals surface area contributed by atoms with Crippen LogP contribution in [-0.4, -0.2) is 9.13 Å². The predicted octanol–water partition coefficient (Wildman–Crippen LogP) is 2.90. The Kier molecular flexibility index (Phi) is 3.87. The van der Waals surface area contributed by atoms with Gasteiger partial charge in [-0.1, -0.05) is 18.5 Å². The quantitative estimate of drug-likeness (QED) is 0.838. The summed E-state index contributed by atoms with van der Waals surface area (Å²) in [6, 6.07) is 4.34. The molecule has 0 amide bonds. The zero-order valence-electron chi connectivity index (χ0n) is 10.1. The first-order chi connectivity index (χ1) is 8.61. The first-order valence-electron chi connectivity index (χ1n) is 5.81. The molecule has 0 bridgehead atoms. The van der Waals surface area contributed by atoms with Crippen LogP contribution in [0, 0.1) is 5.82 Å². The monoisotopic (exact) mass is 268 g/mol. The molecule has 1 aromatic carbocycles. The Bertz CT molecular complexity index is 603. The molecule has 0 fully saturated rings. The fraction of sp³-hybridized carbons (Fsp3) is 0.308. The van der Waals surface area contributed by atoms with E-state index in [0.717, 1.165) is 6.42 Å². The van der Waals surface area contributed by atoms with Crippen LogP contribution in [0.3, 0.4) is 0 Å². The first-order valence-corrected chi connectivity index (χ1v) is 6.19. The molecule has 0 aliphatic carbocycles. The number of halogens is 2. The highest BCUT2D eigenvalue weighted by molar-refractivity contribution is 6.30. The molecule has 0 aliphatic heterocycles. The van der Waals surface area contributed by atoms with Crippen LogP contribution in [0.4, 0.5) is 4.39 Å². The summed E-state index contributed by atoms with van der Waals surface area (Å²) in [7, 11) is 0. The van der Waals surface area contributed by atoms with Crippen molar-refractivity contribution >= 4 is 11.6 Å². The number of aromatic nitrogens is 2. The lowest BCUT2D eigenvalue weighted by Crippen LogP contribution is -2.24. The van der Waals surface area contributed by atoms with E-state index in [-0.39, 0.29) is 18.1 Å². The van der Waals surface area contributed by atoms with E-state index in [9.17, 15) is 9.18 Å². The van der Waals surface area contributed by atoms with E-state index in [2.05, 4.69) is 0 Å². The predicted molar refractivity (Wildman–Crippen MR) is 69.5 cm³/mol. The molecule has 0 saturated heterocycles. The van der Waals surface area contributed by atoms with Gasteiger partial charge in [0, 0.05) is 29.5 Å². The highest BCUT2D eigenvalue weighted by Crippen LogP contribution is 2.15. The number of aryl methyl sites for hydroxylation is 1. The maximum Gasteiger partial charge on any atom is 0.328 e. The lowest BCUT2D eigenvalue weighted by molar-refractivity contribution is 0.585. The Balaban J connectivity index is 2.29. The Hall–Kier alpha value is -1.55. The van der Waals surface area contributed by atoms with E-state index in [1.807, 2.05) is 6.92 Å². The van der Waals surface area contributed by atoms with Gasteiger partial charge in [0.1, 0.15) is 5.82 Å². The van der Waals surface area contributed by atoms with E-state index in [1.165, 1.54) is 16.7 Å². The lowest BCUT2D eigenvalue weighted by atomic mass is 10.2. The number of rotatable bonds is 4. The maximum absolute atomic E-state index is 13.6. The van der Waals surface area contributed by atoms with E-state index < -0.39 is 0 Å². The third-order valence-electron chi connectivity index (χ3n) is 2.73. The fourth-order valence-corrected chi connectivity index (χ4v) is 2.03. The van der Waals surface area contributed by atoms with E-state index >= 15 is 0 Å². The molecule has 1 aromatic heterocycles. The molecule has 2 rings (SSSR count).